The van der Waals surface area contributed by atoms with Gasteiger partial charge in [0.05, 0.1) is 24.4 Å². The van der Waals surface area contributed by atoms with Gasteiger partial charge in [-0.25, -0.2) is 9.97 Å². The molecule has 0 aliphatic carbocycles. The van der Waals surface area contributed by atoms with Crippen molar-refractivity contribution in [1.29, 1.82) is 0 Å². The summed E-state index contributed by atoms with van der Waals surface area (Å²) in [5.41, 5.74) is 2.14. The Balaban J connectivity index is 1.36. The van der Waals surface area contributed by atoms with Crippen molar-refractivity contribution in [1.82, 2.24) is 14.9 Å². The number of fused-ring (bicyclic) bond motifs is 1. The molecule has 2 fully saturated rings. The Labute approximate surface area is 162 Å². The van der Waals surface area contributed by atoms with Gasteiger partial charge in [0.25, 0.3) is 5.91 Å². The van der Waals surface area contributed by atoms with Crippen LogP contribution in [0.2, 0.25) is 0 Å². The monoisotopic (exact) mass is 378 g/mol. The van der Waals surface area contributed by atoms with Crippen LogP contribution >= 0.6 is 0 Å². The van der Waals surface area contributed by atoms with Crippen LogP contribution in [0.3, 0.4) is 0 Å². The predicted octanol–water partition coefficient (Wildman–Crippen LogP) is 3.04. The van der Waals surface area contributed by atoms with Gasteiger partial charge in [0, 0.05) is 31.2 Å². The second-order valence-electron chi connectivity index (χ2n) is 7.23. The third-order valence-electron chi connectivity index (χ3n) is 5.45. The molecule has 5 rings (SSSR count). The van der Waals surface area contributed by atoms with E-state index in [-0.39, 0.29) is 12.0 Å². The molecule has 0 unspecified atom stereocenters. The molecule has 4 heterocycles. The number of aromatic nitrogens is 2. The number of hydrogen-bond donors (Lipinski definition) is 0. The summed E-state index contributed by atoms with van der Waals surface area (Å²) in [4.78, 5) is 26.3. The first-order valence-corrected chi connectivity index (χ1v) is 9.74. The van der Waals surface area contributed by atoms with E-state index in [1.165, 1.54) is 12.8 Å². The molecule has 2 saturated heterocycles. The summed E-state index contributed by atoms with van der Waals surface area (Å²) >= 11 is 0. The second kappa shape index (κ2) is 7.24. The summed E-state index contributed by atoms with van der Waals surface area (Å²) in [5.74, 6) is 0.718. The minimum atomic E-state index is -0.250. The van der Waals surface area contributed by atoms with Crippen LogP contribution in [0.5, 0.6) is 0 Å². The van der Waals surface area contributed by atoms with Gasteiger partial charge in [0.15, 0.2) is 0 Å². The average molecular weight is 378 g/mol. The van der Waals surface area contributed by atoms with E-state index < -0.39 is 0 Å². The van der Waals surface area contributed by atoms with Gasteiger partial charge in [-0.3, -0.25) is 4.79 Å². The van der Waals surface area contributed by atoms with Gasteiger partial charge in [0.2, 0.25) is 5.95 Å². The fourth-order valence-corrected chi connectivity index (χ4v) is 3.94. The Hall–Kier alpha value is -2.93. The Bertz CT molecular complexity index is 996. The number of carbonyl (C=O) groups is 1. The van der Waals surface area contributed by atoms with Crippen molar-refractivity contribution in [3.63, 3.8) is 0 Å². The van der Waals surface area contributed by atoms with Crippen LogP contribution in [0.1, 0.15) is 35.0 Å². The standard InChI is InChI=1S/C21H22N4O3/c26-20(16-14-28-18-6-2-1-5-15(16)18)25-11-12-27-19(13-25)17-7-8-22-21(23-17)24-9-3-4-10-24/h1-2,5-8,14,19H,3-4,9-13H2/t19-/m0/s1. The summed E-state index contributed by atoms with van der Waals surface area (Å²) in [7, 11) is 0. The van der Waals surface area contributed by atoms with Gasteiger partial charge in [-0.2, -0.15) is 0 Å². The molecule has 7 heteroatoms. The third-order valence-corrected chi connectivity index (χ3v) is 5.45. The van der Waals surface area contributed by atoms with Gasteiger partial charge in [-0.05, 0) is 25.0 Å². The molecule has 0 radical (unpaired) electrons. The number of para-hydroxylation sites is 1. The van der Waals surface area contributed by atoms with Crippen LogP contribution in [0.4, 0.5) is 5.95 Å². The first-order chi connectivity index (χ1) is 13.8. The van der Waals surface area contributed by atoms with Crippen LogP contribution < -0.4 is 4.90 Å². The molecule has 1 aromatic carbocycles. The van der Waals surface area contributed by atoms with Crippen molar-refractivity contribution in [3.8, 4) is 0 Å². The minimum absolute atomic E-state index is 0.0351. The molecule has 3 aromatic rings. The van der Waals surface area contributed by atoms with Crippen molar-refractivity contribution in [3.05, 3.63) is 54.0 Å². The highest BCUT2D eigenvalue weighted by Crippen LogP contribution is 2.27. The van der Waals surface area contributed by atoms with E-state index in [9.17, 15) is 4.79 Å². The maximum atomic E-state index is 13.1. The second-order valence-corrected chi connectivity index (χ2v) is 7.23. The lowest BCUT2D eigenvalue weighted by Gasteiger charge is -2.32. The molecule has 0 spiro atoms. The van der Waals surface area contributed by atoms with Crippen molar-refractivity contribution in [2.45, 2.75) is 18.9 Å². The van der Waals surface area contributed by atoms with Crippen LogP contribution in [0.25, 0.3) is 11.0 Å². The van der Waals surface area contributed by atoms with Crippen LogP contribution in [-0.2, 0) is 4.74 Å². The number of hydrogen-bond acceptors (Lipinski definition) is 6. The lowest BCUT2D eigenvalue weighted by atomic mass is 10.1. The highest BCUT2D eigenvalue weighted by atomic mass is 16.5. The largest absolute Gasteiger partial charge is 0.463 e. The summed E-state index contributed by atoms with van der Waals surface area (Å²) in [6.07, 6.45) is 5.43. The SMILES string of the molecule is O=C(c1coc2ccccc12)N1CCO[C@H](c2ccnc(N3CCCC3)n2)C1. The quantitative estimate of drug-likeness (QED) is 0.698. The number of ether oxygens (including phenoxy) is 1. The van der Waals surface area contributed by atoms with Gasteiger partial charge in [-0.15, -0.1) is 0 Å². The van der Waals surface area contributed by atoms with E-state index >= 15 is 0 Å². The molecule has 2 aromatic heterocycles. The molecular formula is C21H22N4O3. The van der Waals surface area contributed by atoms with E-state index in [4.69, 9.17) is 14.1 Å². The zero-order valence-electron chi connectivity index (χ0n) is 15.6. The number of morpholine rings is 1. The van der Waals surface area contributed by atoms with E-state index in [1.807, 2.05) is 35.2 Å². The molecule has 1 atom stereocenters. The lowest BCUT2D eigenvalue weighted by Crippen LogP contribution is -2.42. The molecule has 1 amide bonds. The van der Waals surface area contributed by atoms with E-state index in [1.54, 1.807) is 12.5 Å². The number of rotatable bonds is 3. The fraction of sp³-hybridized carbons (Fsp3) is 0.381. The first kappa shape index (κ1) is 17.2. The van der Waals surface area contributed by atoms with Crippen molar-refractivity contribution in [2.75, 3.05) is 37.7 Å². The fourth-order valence-electron chi connectivity index (χ4n) is 3.94. The number of anilines is 1. The van der Waals surface area contributed by atoms with E-state index in [0.29, 0.717) is 25.3 Å². The summed E-state index contributed by atoms with van der Waals surface area (Å²) in [6, 6.07) is 9.48. The van der Waals surface area contributed by atoms with Gasteiger partial charge in [0.1, 0.15) is 18.0 Å². The molecular weight excluding hydrogens is 356 g/mol. The van der Waals surface area contributed by atoms with Gasteiger partial charge >= 0.3 is 0 Å². The van der Waals surface area contributed by atoms with Crippen molar-refractivity contribution in [2.24, 2.45) is 0 Å². The van der Waals surface area contributed by atoms with Crippen molar-refractivity contribution >= 4 is 22.8 Å². The lowest BCUT2D eigenvalue weighted by molar-refractivity contribution is -0.0247. The maximum absolute atomic E-state index is 13.1. The number of benzene rings is 1. The summed E-state index contributed by atoms with van der Waals surface area (Å²) in [6.45, 7) is 3.49. The van der Waals surface area contributed by atoms with Gasteiger partial charge in [-0.1, -0.05) is 18.2 Å². The molecule has 0 N–H and O–H groups in total. The van der Waals surface area contributed by atoms with Crippen LogP contribution in [0.15, 0.2) is 47.2 Å². The number of amides is 1. The molecule has 144 valence electrons. The highest BCUT2D eigenvalue weighted by molar-refractivity contribution is 6.05. The highest BCUT2D eigenvalue weighted by Gasteiger charge is 2.29. The molecule has 0 saturated carbocycles. The normalized spacial score (nSPS) is 20.1. The Kier molecular flexibility index (Phi) is 4.44. The zero-order chi connectivity index (χ0) is 18.9. The summed E-state index contributed by atoms with van der Waals surface area (Å²) < 4.78 is 11.5. The van der Waals surface area contributed by atoms with E-state index in [0.717, 1.165) is 35.7 Å². The molecule has 0 bridgehead atoms. The summed E-state index contributed by atoms with van der Waals surface area (Å²) in [5, 5.41) is 0.842. The van der Waals surface area contributed by atoms with Crippen molar-refractivity contribution < 1.29 is 13.9 Å². The molecule has 2 aliphatic heterocycles. The minimum Gasteiger partial charge on any atom is -0.463 e. The molecule has 28 heavy (non-hydrogen) atoms. The van der Waals surface area contributed by atoms with Gasteiger partial charge < -0.3 is 19.0 Å². The molecule has 7 nitrogen and oxygen atoms in total. The van der Waals surface area contributed by atoms with E-state index in [2.05, 4.69) is 9.88 Å². The number of carbonyl (C=O) groups excluding carboxylic acids is 1. The Morgan fingerprint density at radius 3 is 2.86 bits per heavy atom. The smallest absolute Gasteiger partial charge is 0.257 e. The topological polar surface area (TPSA) is 71.7 Å². The van der Waals surface area contributed by atoms with Crippen LogP contribution in [-0.4, -0.2) is 53.6 Å². The Morgan fingerprint density at radius 1 is 1.11 bits per heavy atom. The predicted molar refractivity (Wildman–Crippen MR) is 104 cm³/mol. The first-order valence-electron chi connectivity index (χ1n) is 9.74. The number of nitrogens with zero attached hydrogens (tertiary/aromatic N) is 4. The average Bonchev–Trinajstić information content (AvgIpc) is 3.44. The third kappa shape index (κ3) is 3.11. The zero-order valence-corrected chi connectivity index (χ0v) is 15.6. The maximum Gasteiger partial charge on any atom is 0.257 e. The Morgan fingerprint density at radius 2 is 1.96 bits per heavy atom. The number of furan rings is 1. The molecule has 2 aliphatic rings. The van der Waals surface area contributed by atoms with Crippen LogP contribution in [0, 0.1) is 0 Å².